The van der Waals surface area contributed by atoms with Gasteiger partial charge in [-0.15, -0.1) is 0 Å². The van der Waals surface area contributed by atoms with Gasteiger partial charge in [0.25, 0.3) is 0 Å². The van der Waals surface area contributed by atoms with Crippen molar-refractivity contribution in [3.05, 3.63) is 219 Å². The molecule has 0 aliphatic heterocycles. The molecule has 12 rings (SSSR count). The molecule has 0 aliphatic rings. The van der Waals surface area contributed by atoms with Gasteiger partial charge in [-0.1, -0.05) is 140 Å². The Morgan fingerprint density at radius 3 is 1.32 bits per heavy atom. The van der Waals surface area contributed by atoms with Crippen LogP contribution in [0.2, 0.25) is 0 Å². The molecule has 0 aliphatic carbocycles. The monoisotopic (exact) mass is 792 g/mol. The van der Waals surface area contributed by atoms with Crippen LogP contribution in [0.15, 0.2) is 219 Å². The Morgan fingerprint density at radius 1 is 0.306 bits per heavy atom. The van der Waals surface area contributed by atoms with Gasteiger partial charge in [0.2, 0.25) is 0 Å². The molecule has 0 spiro atoms. The molecular formula is C56H36N6. The summed E-state index contributed by atoms with van der Waals surface area (Å²) in [5.41, 5.74) is 13.6. The van der Waals surface area contributed by atoms with Gasteiger partial charge in [0.05, 0.1) is 11.4 Å². The molecule has 0 radical (unpaired) electrons. The largest absolute Gasteiger partial charge is 0.276 e. The highest BCUT2D eigenvalue weighted by Crippen LogP contribution is 2.41. The second-order valence-electron chi connectivity index (χ2n) is 15.5. The van der Waals surface area contributed by atoms with Crippen molar-refractivity contribution in [1.82, 2.24) is 29.1 Å². The van der Waals surface area contributed by atoms with Crippen LogP contribution in [0.1, 0.15) is 0 Å². The maximum absolute atomic E-state index is 5.40. The predicted octanol–water partition coefficient (Wildman–Crippen LogP) is 13.8. The van der Waals surface area contributed by atoms with E-state index in [4.69, 9.17) is 19.9 Å². The number of fused-ring (bicyclic) bond motifs is 4. The van der Waals surface area contributed by atoms with Gasteiger partial charge in [-0.3, -0.25) is 9.13 Å². The third-order valence-corrected chi connectivity index (χ3v) is 11.8. The Hall–Kier alpha value is -8.48. The second-order valence-corrected chi connectivity index (χ2v) is 15.5. The predicted molar refractivity (Wildman–Crippen MR) is 253 cm³/mol. The minimum Gasteiger partial charge on any atom is -0.276 e. The summed E-state index contributed by atoms with van der Waals surface area (Å²) in [6, 6.07) is 72.6. The molecule has 0 saturated heterocycles. The number of rotatable bonds is 7. The maximum Gasteiger partial charge on any atom is 0.164 e. The Balaban J connectivity index is 1.18. The van der Waals surface area contributed by atoms with Crippen molar-refractivity contribution in [2.45, 2.75) is 0 Å². The molecule has 290 valence electrons. The lowest BCUT2D eigenvalue weighted by atomic mass is 9.93. The van der Waals surface area contributed by atoms with Crippen LogP contribution in [0.4, 0.5) is 0 Å². The van der Waals surface area contributed by atoms with E-state index in [-0.39, 0.29) is 0 Å². The van der Waals surface area contributed by atoms with E-state index in [0.29, 0.717) is 0 Å². The van der Waals surface area contributed by atoms with Gasteiger partial charge >= 0.3 is 0 Å². The van der Waals surface area contributed by atoms with E-state index in [2.05, 4.69) is 191 Å². The number of aromatic nitrogens is 6. The first kappa shape index (κ1) is 35.5. The molecule has 0 atom stereocenters. The van der Waals surface area contributed by atoms with Crippen molar-refractivity contribution < 1.29 is 0 Å². The van der Waals surface area contributed by atoms with Gasteiger partial charge in [0.15, 0.2) is 11.3 Å². The molecular weight excluding hydrogens is 757 g/mol. The number of pyridine rings is 2. The fraction of sp³-hybridized carbons (Fsp3) is 0. The average molecular weight is 793 g/mol. The van der Waals surface area contributed by atoms with Gasteiger partial charge < -0.3 is 0 Å². The number of hydrogen-bond donors (Lipinski definition) is 0. The van der Waals surface area contributed by atoms with Crippen LogP contribution in [-0.2, 0) is 0 Å². The minimum absolute atomic E-state index is 0.779. The number of benzene rings is 8. The molecule has 4 aromatic heterocycles. The van der Waals surface area contributed by atoms with E-state index in [0.717, 1.165) is 89.9 Å². The first-order valence-electron chi connectivity index (χ1n) is 20.8. The van der Waals surface area contributed by atoms with Crippen molar-refractivity contribution in [3.8, 4) is 67.5 Å². The van der Waals surface area contributed by atoms with Gasteiger partial charge in [0.1, 0.15) is 22.7 Å². The molecule has 0 saturated carbocycles. The van der Waals surface area contributed by atoms with Crippen LogP contribution in [0.5, 0.6) is 0 Å². The Kier molecular flexibility index (Phi) is 8.38. The van der Waals surface area contributed by atoms with Gasteiger partial charge in [-0.2, -0.15) is 0 Å². The Morgan fingerprint density at radius 2 is 0.758 bits per heavy atom. The zero-order chi connectivity index (χ0) is 41.0. The highest BCUT2D eigenvalue weighted by molar-refractivity contribution is 6.06. The van der Waals surface area contributed by atoms with Gasteiger partial charge in [0, 0.05) is 34.6 Å². The summed E-state index contributed by atoms with van der Waals surface area (Å²) in [4.78, 5) is 20.7. The number of para-hydroxylation sites is 2. The Bertz CT molecular complexity index is 3460. The summed E-state index contributed by atoms with van der Waals surface area (Å²) < 4.78 is 4.43. The summed E-state index contributed by atoms with van der Waals surface area (Å²) in [6.45, 7) is 0. The highest BCUT2D eigenvalue weighted by Gasteiger charge is 2.23. The van der Waals surface area contributed by atoms with E-state index >= 15 is 0 Å². The third-order valence-electron chi connectivity index (χ3n) is 11.8. The van der Waals surface area contributed by atoms with Crippen molar-refractivity contribution in [1.29, 1.82) is 0 Å². The first-order chi connectivity index (χ1) is 30.7. The van der Waals surface area contributed by atoms with Crippen molar-refractivity contribution >= 4 is 43.9 Å². The molecule has 8 aromatic carbocycles. The number of nitrogens with zero attached hydrogens (tertiary/aromatic N) is 6. The summed E-state index contributed by atoms with van der Waals surface area (Å²) in [5, 5.41) is 4.75. The normalized spacial score (nSPS) is 11.5. The average Bonchev–Trinajstić information content (AvgIpc) is 3.93. The van der Waals surface area contributed by atoms with Crippen molar-refractivity contribution in [2.24, 2.45) is 0 Å². The van der Waals surface area contributed by atoms with E-state index in [9.17, 15) is 0 Å². The first-order valence-corrected chi connectivity index (χ1v) is 20.8. The number of imidazole rings is 2. The molecule has 0 bridgehead atoms. The molecule has 0 unspecified atom stereocenters. The van der Waals surface area contributed by atoms with Gasteiger partial charge in [-0.05, 0) is 111 Å². The summed E-state index contributed by atoms with van der Waals surface area (Å²) in [7, 11) is 0. The van der Waals surface area contributed by atoms with Gasteiger partial charge in [-0.25, -0.2) is 19.9 Å². The van der Waals surface area contributed by atoms with Crippen molar-refractivity contribution in [2.75, 3.05) is 0 Å². The standard InChI is InChI=1S/C56H36N6/c1-3-16-37(17-4-1)46-23-9-11-28-51(46)61-53(59-49-26-14-30-57-55(49)61)43-33-42(45-25-13-22-41-32-39-20-7-8-21-40(39)36-48(41)45)34-44(35-43)54-60-50-27-15-31-58-56(50)62(54)52-29-12-10-24-47(52)38-18-5-2-6-19-38/h1-36H. The summed E-state index contributed by atoms with van der Waals surface area (Å²) in [5.74, 6) is 1.56. The number of hydrogen-bond acceptors (Lipinski definition) is 4. The van der Waals surface area contributed by atoms with Crippen LogP contribution in [0, 0.1) is 0 Å². The van der Waals surface area contributed by atoms with E-state index in [1.54, 1.807) is 0 Å². The fourth-order valence-corrected chi connectivity index (χ4v) is 8.99. The fourth-order valence-electron chi connectivity index (χ4n) is 8.99. The highest BCUT2D eigenvalue weighted by atomic mass is 15.1. The smallest absolute Gasteiger partial charge is 0.164 e. The lowest BCUT2D eigenvalue weighted by Gasteiger charge is -2.18. The molecule has 12 aromatic rings. The van der Waals surface area contributed by atoms with E-state index in [1.165, 1.54) is 21.5 Å². The molecule has 6 heteroatoms. The zero-order valence-electron chi connectivity index (χ0n) is 33.5. The van der Waals surface area contributed by atoms with Crippen LogP contribution >= 0.6 is 0 Å². The molecule has 6 nitrogen and oxygen atoms in total. The van der Waals surface area contributed by atoms with E-state index < -0.39 is 0 Å². The SMILES string of the molecule is c1ccc(-c2ccccc2-n2c(-c3cc(-c4cccc5cc6ccccc6cc45)cc(-c4nc5cccnc5n4-c4ccccc4-c4ccccc4)c3)nc3cccnc32)cc1. The summed E-state index contributed by atoms with van der Waals surface area (Å²) in [6.07, 6.45) is 3.69. The quantitative estimate of drug-likeness (QED) is 0.151. The zero-order valence-corrected chi connectivity index (χ0v) is 33.5. The lowest BCUT2D eigenvalue weighted by Crippen LogP contribution is -2.03. The molecule has 0 amide bonds. The third kappa shape index (κ3) is 5.96. The topological polar surface area (TPSA) is 61.4 Å². The van der Waals surface area contributed by atoms with E-state index in [1.807, 2.05) is 36.7 Å². The molecule has 0 fully saturated rings. The van der Waals surface area contributed by atoms with Crippen LogP contribution < -0.4 is 0 Å². The lowest BCUT2D eigenvalue weighted by molar-refractivity contribution is 1.07. The summed E-state index contributed by atoms with van der Waals surface area (Å²) >= 11 is 0. The van der Waals surface area contributed by atoms with Crippen LogP contribution in [-0.4, -0.2) is 29.1 Å². The Labute approximate surface area is 357 Å². The maximum atomic E-state index is 5.40. The molecule has 62 heavy (non-hydrogen) atoms. The molecule has 4 heterocycles. The van der Waals surface area contributed by atoms with Crippen LogP contribution in [0.3, 0.4) is 0 Å². The second kappa shape index (κ2) is 14.7. The van der Waals surface area contributed by atoms with Crippen LogP contribution in [0.25, 0.3) is 111 Å². The molecule has 0 N–H and O–H groups in total. The minimum atomic E-state index is 0.779. The van der Waals surface area contributed by atoms with Crippen molar-refractivity contribution in [3.63, 3.8) is 0 Å².